The Morgan fingerprint density at radius 3 is 2.53 bits per heavy atom. The molecule has 166 valence electrons. The number of aromatic nitrogens is 2. The minimum absolute atomic E-state index is 0.00912. The molecular formula is C25H29N5OS. The third-order valence-corrected chi connectivity index (χ3v) is 6.73. The largest absolute Gasteiger partial charge is 0.379 e. The van der Waals surface area contributed by atoms with Crippen molar-refractivity contribution in [3.63, 3.8) is 0 Å². The normalized spacial score (nSPS) is 21.7. The number of nitrogens with one attached hydrogen (secondary N) is 1. The Hall–Kier alpha value is -2.74. The molecule has 4 heterocycles. The molecule has 0 amide bonds. The Balaban J connectivity index is 1.52. The van der Waals surface area contributed by atoms with E-state index in [-0.39, 0.29) is 12.1 Å². The maximum Gasteiger partial charge on any atom is 0.170 e. The summed E-state index contributed by atoms with van der Waals surface area (Å²) in [6, 6.07) is 21.1. The zero-order valence-corrected chi connectivity index (χ0v) is 19.2. The second kappa shape index (κ2) is 9.40. The van der Waals surface area contributed by atoms with E-state index in [1.807, 2.05) is 18.3 Å². The molecule has 0 spiro atoms. The fraction of sp³-hybridized carbons (Fsp3) is 0.360. The summed E-state index contributed by atoms with van der Waals surface area (Å²) in [7, 11) is 0. The lowest BCUT2D eigenvalue weighted by Crippen LogP contribution is -2.42. The Morgan fingerprint density at radius 2 is 1.78 bits per heavy atom. The lowest BCUT2D eigenvalue weighted by Gasteiger charge is -2.32. The predicted octanol–water partition coefficient (Wildman–Crippen LogP) is 3.49. The lowest BCUT2D eigenvalue weighted by atomic mass is 10.0. The second-order valence-corrected chi connectivity index (χ2v) is 8.73. The molecule has 3 aromatic rings. The first-order chi connectivity index (χ1) is 15.7. The van der Waals surface area contributed by atoms with Crippen LogP contribution < -0.4 is 5.32 Å². The van der Waals surface area contributed by atoms with Crippen LogP contribution in [0.25, 0.3) is 5.69 Å². The molecule has 2 atom stereocenters. The van der Waals surface area contributed by atoms with Crippen molar-refractivity contribution in [2.45, 2.75) is 19.0 Å². The van der Waals surface area contributed by atoms with Gasteiger partial charge in [-0.15, -0.1) is 0 Å². The number of thiocarbonyl (C=S) groups is 1. The monoisotopic (exact) mass is 447 g/mol. The van der Waals surface area contributed by atoms with Crippen molar-refractivity contribution in [3.8, 4) is 5.69 Å². The van der Waals surface area contributed by atoms with E-state index in [0.29, 0.717) is 0 Å². The van der Waals surface area contributed by atoms with Crippen LogP contribution >= 0.6 is 12.2 Å². The number of ether oxygens (including phenoxy) is 1. The molecule has 2 aliphatic heterocycles. The molecule has 2 saturated heterocycles. The zero-order valence-electron chi connectivity index (χ0n) is 18.4. The average Bonchev–Trinajstić information content (AvgIpc) is 3.38. The molecule has 0 saturated carbocycles. The summed E-state index contributed by atoms with van der Waals surface area (Å²) >= 11 is 5.86. The van der Waals surface area contributed by atoms with Crippen molar-refractivity contribution in [1.29, 1.82) is 0 Å². The van der Waals surface area contributed by atoms with Crippen LogP contribution in [-0.4, -0.2) is 63.9 Å². The number of pyridine rings is 1. The van der Waals surface area contributed by atoms with Crippen molar-refractivity contribution in [2.75, 3.05) is 39.4 Å². The maximum absolute atomic E-state index is 5.86. The third-order valence-electron chi connectivity index (χ3n) is 6.38. The maximum atomic E-state index is 5.86. The van der Waals surface area contributed by atoms with E-state index in [2.05, 4.69) is 80.1 Å². The van der Waals surface area contributed by atoms with E-state index in [4.69, 9.17) is 17.0 Å². The van der Waals surface area contributed by atoms with Crippen molar-refractivity contribution >= 4 is 17.3 Å². The first-order valence-electron chi connectivity index (χ1n) is 11.2. The van der Waals surface area contributed by atoms with Gasteiger partial charge in [-0.3, -0.25) is 9.88 Å². The molecule has 1 N–H and O–H groups in total. The highest BCUT2D eigenvalue weighted by molar-refractivity contribution is 7.80. The molecule has 0 unspecified atom stereocenters. The van der Waals surface area contributed by atoms with E-state index in [9.17, 15) is 0 Å². The fourth-order valence-electron chi connectivity index (χ4n) is 4.76. The number of morpholine rings is 1. The number of aryl methyl sites for hydroxylation is 1. The van der Waals surface area contributed by atoms with E-state index in [1.165, 1.54) is 11.4 Å². The molecule has 2 aromatic heterocycles. The van der Waals surface area contributed by atoms with Crippen LogP contribution in [0.5, 0.6) is 0 Å². The van der Waals surface area contributed by atoms with Gasteiger partial charge in [0.1, 0.15) is 0 Å². The van der Waals surface area contributed by atoms with Crippen LogP contribution in [0.15, 0.2) is 66.9 Å². The van der Waals surface area contributed by atoms with E-state index in [0.717, 1.165) is 55.9 Å². The topological polar surface area (TPSA) is 45.6 Å². The van der Waals surface area contributed by atoms with Gasteiger partial charge < -0.3 is 19.5 Å². The van der Waals surface area contributed by atoms with E-state index < -0.39 is 0 Å². The van der Waals surface area contributed by atoms with Gasteiger partial charge in [0.15, 0.2) is 5.11 Å². The van der Waals surface area contributed by atoms with Gasteiger partial charge in [-0.1, -0.05) is 24.3 Å². The molecular weight excluding hydrogens is 418 g/mol. The van der Waals surface area contributed by atoms with Gasteiger partial charge >= 0.3 is 0 Å². The molecule has 1 aromatic carbocycles. The van der Waals surface area contributed by atoms with Gasteiger partial charge in [-0.25, -0.2) is 0 Å². The second-order valence-electron chi connectivity index (χ2n) is 8.34. The summed E-state index contributed by atoms with van der Waals surface area (Å²) < 4.78 is 7.87. The molecule has 0 bridgehead atoms. The predicted molar refractivity (Wildman–Crippen MR) is 130 cm³/mol. The summed E-state index contributed by atoms with van der Waals surface area (Å²) in [6.07, 6.45) is 1.86. The van der Waals surface area contributed by atoms with Crippen LogP contribution in [0, 0.1) is 6.92 Å². The Morgan fingerprint density at radius 1 is 1.00 bits per heavy atom. The number of rotatable bonds is 6. The smallest absolute Gasteiger partial charge is 0.170 e. The first-order valence-corrected chi connectivity index (χ1v) is 11.6. The van der Waals surface area contributed by atoms with Gasteiger partial charge in [-0.05, 0) is 55.5 Å². The molecule has 7 heteroatoms. The number of para-hydroxylation sites is 1. The third kappa shape index (κ3) is 4.16. The SMILES string of the molecule is Cc1ccc([C@H]2[C@H](c3ccccn3)NC(=S)N2CCN2CCOCC2)n1-c1ccccc1. The number of hydrogen-bond donors (Lipinski definition) is 1. The van der Waals surface area contributed by atoms with E-state index in [1.54, 1.807) is 0 Å². The Labute approximate surface area is 194 Å². The highest BCUT2D eigenvalue weighted by atomic mass is 32.1. The first kappa shape index (κ1) is 21.1. The van der Waals surface area contributed by atoms with Crippen molar-refractivity contribution in [2.24, 2.45) is 0 Å². The van der Waals surface area contributed by atoms with Crippen LogP contribution in [-0.2, 0) is 4.74 Å². The van der Waals surface area contributed by atoms with Crippen LogP contribution in [0.1, 0.15) is 29.2 Å². The number of benzene rings is 1. The summed E-state index contributed by atoms with van der Waals surface area (Å²) in [5, 5.41) is 4.37. The molecule has 6 nitrogen and oxygen atoms in total. The minimum atomic E-state index is -0.00912. The van der Waals surface area contributed by atoms with Gasteiger partial charge in [0, 0.05) is 49.5 Å². The number of hydrogen-bond acceptors (Lipinski definition) is 4. The summed E-state index contributed by atoms with van der Waals surface area (Å²) in [5.41, 5.74) is 4.60. The van der Waals surface area contributed by atoms with Crippen LogP contribution in [0.2, 0.25) is 0 Å². The zero-order chi connectivity index (χ0) is 21.9. The standard InChI is InChI=1S/C25H29N5OS/c1-19-10-11-22(30(19)20-7-3-2-4-8-20)24-23(21-9-5-6-12-26-21)27-25(32)29(24)14-13-28-15-17-31-18-16-28/h2-12,23-24H,13-18H2,1H3,(H,27,32)/t23-,24-/m0/s1. The molecule has 0 aliphatic carbocycles. The highest BCUT2D eigenvalue weighted by Gasteiger charge is 2.41. The molecule has 2 fully saturated rings. The van der Waals surface area contributed by atoms with Gasteiger partial charge in [0.2, 0.25) is 0 Å². The van der Waals surface area contributed by atoms with Crippen molar-refractivity contribution in [3.05, 3.63) is 83.9 Å². The summed E-state index contributed by atoms with van der Waals surface area (Å²) in [6.45, 7) is 7.53. The quantitative estimate of drug-likeness (QED) is 0.584. The molecule has 2 aliphatic rings. The molecule has 32 heavy (non-hydrogen) atoms. The molecule has 5 rings (SSSR count). The summed E-state index contributed by atoms with van der Waals surface area (Å²) in [5.74, 6) is 0. The van der Waals surface area contributed by atoms with Crippen molar-refractivity contribution in [1.82, 2.24) is 24.7 Å². The molecule has 0 radical (unpaired) electrons. The van der Waals surface area contributed by atoms with Gasteiger partial charge in [0.05, 0.1) is 31.0 Å². The fourth-order valence-corrected chi connectivity index (χ4v) is 5.09. The summed E-state index contributed by atoms with van der Waals surface area (Å²) in [4.78, 5) is 9.48. The highest BCUT2D eigenvalue weighted by Crippen LogP contribution is 2.40. The van der Waals surface area contributed by atoms with Gasteiger partial charge in [-0.2, -0.15) is 0 Å². The Kier molecular flexibility index (Phi) is 6.21. The Bertz CT molecular complexity index is 1050. The van der Waals surface area contributed by atoms with Crippen LogP contribution in [0.3, 0.4) is 0 Å². The van der Waals surface area contributed by atoms with Gasteiger partial charge in [0.25, 0.3) is 0 Å². The lowest BCUT2D eigenvalue weighted by molar-refractivity contribution is 0.0349. The van der Waals surface area contributed by atoms with E-state index >= 15 is 0 Å². The van der Waals surface area contributed by atoms with Crippen molar-refractivity contribution < 1.29 is 4.74 Å². The average molecular weight is 448 g/mol. The number of nitrogens with zero attached hydrogens (tertiary/aromatic N) is 4. The minimum Gasteiger partial charge on any atom is -0.379 e. The van der Waals surface area contributed by atoms with Crippen LogP contribution in [0.4, 0.5) is 0 Å².